The highest BCUT2D eigenvalue weighted by atomic mass is 19.1. The lowest BCUT2D eigenvalue weighted by atomic mass is 9.79. The van der Waals surface area contributed by atoms with E-state index in [-0.39, 0.29) is 41.8 Å². The van der Waals surface area contributed by atoms with Crippen molar-refractivity contribution in [2.24, 2.45) is 0 Å². The largest absolute Gasteiger partial charge is 0.491 e. The molecule has 10 nitrogen and oxygen atoms in total. The van der Waals surface area contributed by atoms with Crippen LogP contribution in [0.1, 0.15) is 52.9 Å². The zero-order valence-electron chi connectivity index (χ0n) is 23.1. The van der Waals surface area contributed by atoms with Crippen LogP contribution in [-0.4, -0.2) is 105 Å². The minimum atomic E-state index is -2.01. The SMILES string of the molecule is CC(C)(C)OC(=O)N1C2CCC1CN(c1nc(OC[C@@]34CCCN3C[C@H](F)C4)nc3c(F)c(B(O)O)ccc13)C2. The fourth-order valence-corrected chi connectivity index (χ4v) is 6.98. The molecular formula is C27H36BF2N5O5. The van der Waals surface area contributed by atoms with Gasteiger partial charge in [0.1, 0.15) is 35.5 Å². The van der Waals surface area contributed by atoms with Crippen LogP contribution in [0.25, 0.3) is 10.9 Å². The average Bonchev–Trinajstić information content (AvgIpc) is 3.48. The maximum atomic E-state index is 15.5. The zero-order chi connectivity index (χ0) is 28.4. The van der Waals surface area contributed by atoms with Gasteiger partial charge in [0.15, 0.2) is 0 Å². The quantitative estimate of drug-likeness (QED) is 0.532. The van der Waals surface area contributed by atoms with Gasteiger partial charge in [0, 0.05) is 36.9 Å². The van der Waals surface area contributed by atoms with Crippen LogP contribution < -0.4 is 15.1 Å². The molecule has 6 rings (SSSR count). The molecule has 2 N–H and O–H groups in total. The predicted octanol–water partition coefficient (Wildman–Crippen LogP) is 1.99. The molecule has 1 aromatic carbocycles. The summed E-state index contributed by atoms with van der Waals surface area (Å²) in [5, 5.41) is 19.8. The molecule has 4 atom stereocenters. The molecule has 40 heavy (non-hydrogen) atoms. The maximum Gasteiger partial charge on any atom is 0.491 e. The molecule has 0 spiro atoms. The fraction of sp³-hybridized carbons (Fsp3) is 0.667. The smallest absolute Gasteiger partial charge is 0.461 e. The normalized spacial score (nSPS) is 28.3. The van der Waals surface area contributed by atoms with Crippen molar-refractivity contribution in [3.05, 3.63) is 17.9 Å². The fourth-order valence-electron chi connectivity index (χ4n) is 6.98. The van der Waals surface area contributed by atoms with Gasteiger partial charge in [-0.15, -0.1) is 0 Å². The van der Waals surface area contributed by atoms with Crippen molar-refractivity contribution in [1.82, 2.24) is 19.8 Å². The number of alkyl halides is 1. The Morgan fingerprint density at radius 2 is 1.90 bits per heavy atom. The third kappa shape index (κ3) is 4.85. The molecule has 4 saturated heterocycles. The van der Waals surface area contributed by atoms with Gasteiger partial charge in [0.25, 0.3) is 0 Å². The number of amides is 1. The van der Waals surface area contributed by atoms with Gasteiger partial charge in [-0.05, 0) is 59.1 Å². The van der Waals surface area contributed by atoms with E-state index in [1.54, 1.807) is 6.07 Å². The zero-order valence-corrected chi connectivity index (χ0v) is 23.1. The van der Waals surface area contributed by atoms with E-state index in [0.717, 1.165) is 32.2 Å². The summed E-state index contributed by atoms with van der Waals surface area (Å²) in [6.07, 6.45) is 2.50. The summed E-state index contributed by atoms with van der Waals surface area (Å²) < 4.78 is 41.6. The van der Waals surface area contributed by atoms with E-state index in [4.69, 9.17) is 14.5 Å². The minimum absolute atomic E-state index is 0.0450. The molecule has 216 valence electrons. The van der Waals surface area contributed by atoms with Crippen LogP contribution in [-0.2, 0) is 4.74 Å². The number of rotatable bonds is 5. The topological polar surface area (TPSA) is 111 Å². The Bertz CT molecular complexity index is 1300. The Labute approximate surface area is 232 Å². The number of hydrogen-bond acceptors (Lipinski definition) is 9. The number of ether oxygens (including phenoxy) is 2. The van der Waals surface area contributed by atoms with Crippen molar-refractivity contribution in [3.63, 3.8) is 0 Å². The molecule has 4 aliphatic rings. The average molecular weight is 559 g/mol. The Morgan fingerprint density at radius 3 is 2.58 bits per heavy atom. The van der Waals surface area contributed by atoms with Crippen molar-refractivity contribution in [2.45, 2.75) is 82.3 Å². The first kappa shape index (κ1) is 27.4. The van der Waals surface area contributed by atoms with E-state index in [0.29, 0.717) is 37.3 Å². The molecule has 0 saturated carbocycles. The van der Waals surface area contributed by atoms with Gasteiger partial charge in [-0.2, -0.15) is 9.97 Å². The van der Waals surface area contributed by atoms with Gasteiger partial charge in [-0.25, -0.2) is 13.6 Å². The molecule has 1 amide bonds. The minimum Gasteiger partial charge on any atom is -0.461 e. The van der Waals surface area contributed by atoms with E-state index in [1.807, 2.05) is 30.6 Å². The lowest BCUT2D eigenvalue weighted by Gasteiger charge is -2.42. The van der Waals surface area contributed by atoms with E-state index >= 15 is 4.39 Å². The molecule has 4 fully saturated rings. The summed E-state index contributed by atoms with van der Waals surface area (Å²) in [7, 11) is -2.01. The number of fused-ring (bicyclic) bond motifs is 4. The third-order valence-electron chi connectivity index (χ3n) is 8.69. The summed E-state index contributed by atoms with van der Waals surface area (Å²) in [6.45, 7) is 7.83. The van der Waals surface area contributed by atoms with Gasteiger partial charge in [0.05, 0.1) is 17.6 Å². The summed E-state index contributed by atoms with van der Waals surface area (Å²) in [6, 6.07) is 2.65. The van der Waals surface area contributed by atoms with Gasteiger partial charge in [-0.3, -0.25) is 9.80 Å². The summed E-state index contributed by atoms with van der Waals surface area (Å²) in [4.78, 5) is 28.0. The molecule has 1 aromatic heterocycles. The molecule has 0 aliphatic carbocycles. The van der Waals surface area contributed by atoms with Crippen LogP contribution in [0.2, 0.25) is 0 Å². The van der Waals surface area contributed by atoms with Gasteiger partial charge in [0.2, 0.25) is 0 Å². The first-order valence-corrected chi connectivity index (χ1v) is 14.1. The molecule has 0 radical (unpaired) electrons. The lowest BCUT2D eigenvalue weighted by molar-refractivity contribution is 0.0122. The number of anilines is 1. The summed E-state index contributed by atoms with van der Waals surface area (Å²) in [5.41, 5.74) is -1.42. The molecule has 13 heteroatoms. The van der Waals surface area contributed by atoms with Gasteiger partial charge in [-0.1, -0.05) is 6.07 Å². The number of carbonyl (C=O) groups excluding carboxylic acids is 1. The number of carbonyl (C=O) groups is 1. The van der Waals surface area contributed by atoms with Crippen LogP contribution in [0.4, 0.5) is 19.4 Å². The predicted molar refractivity (Wildman–Crippen MR) is 145 cm³/mol. The second-order valence-electron chi connectivity index (χ2n) is 12.6. The van der Waals surface area contributed by atoms with Crippen molar-refractivity contribution in [3.8, 4) is 6.01 Å². The second kappa shape index (κ2) is 9.95. The van der Waals surface area contributed by atoms with Crippen molar-refractivity contribution < 1.29 is 33.1 Å². The van der Waals surface area contributed by atoms with Crippen molar-refractivity contribution in [2.75, 3.05) is 37.7 Å². The summed E-state index contributed by atoms with van der Waals surface area (Å²) in [5.74, 6) is -0.407. The number of piperazine rings is 1. The molecule has 2 bridgehead atoms. The summed E-state index contributed by atoms with van der Waals surface area (Å²) >= 11 is 0. The van der Waals surface area contributed by atoms with E-state index in [9.17, 15) is 19.2 Å². The number of aromatic nitrogens is 2. The van der Waals surface area contributed by atoms with E-state index in [1.165, 1.54) is 6.07 Å². The van der Waals surface area contributed by atoms with Crippen LogP contribution in [0.3, 0.4) is 0 Å². The number of benzene rings is 1. The van der Waals surface area contributed by atoms with Crippen molar-refractivity contribution >= 4 is 35.4 Å². The Morgan fingerprint density at radius 1 is 1.18 bits per heavy atom. The molecular weight excluding hydrogens is 523 g/mol. The Kier molecular flexibility index (Phi) is 6.82. The Balaban J connectivity index is 1.32. The van der Waals surface area contributed by atoms with E-state index in [2.05, 4.69) is 9.88 Å². The van der Waals surface area contributed by atoms with Crippen LogP contribution in [0.15, 0.2) is 12.1 Å². The first-order valence-electron chi connectivity index (χ1n) is 14.1. The molecule has 2 unspecified atom stereocenters. The van der Waals surface area contributed by atoms with Crippen LogP contribution in [0.5, 0.6) is 6.01 Å². The van der Waals surface area contributed by atoms with Gasteiger partial charge >= 0.3 is 19.2 Å². The first-order chi connectivity index (χ1) is 18.9. The monoisotopic (exact) mass is 559 g/mol. The number of hydrogen-bond donors (Lipinski definition) is 2. The highest BCUT2D eigenvalue weighted by Crippen LogP contribution is 2.41. The lowest BCUT2D eigenvalue weighted by Crippen LogP contribution is -2.57. The maximum absolute atomic E-state index is 15.5. The van der Waals surface area contributed by atoms with Crippen LogP contribution in [0, 0.1) is 5.82 Å². The van der Waals surface area contributed by atoms with Crippen LogP contribution >= 0.6 is 0 Å². The van der Waals surface area contributed by atoms with E-state index < -0.39 is 30.2 Å². The highest BCUT2D eigenvalue weighted by molar-refractivity contribution is 6.59. The third-order valence-corrected chi connectivity index (χ3v) is 8.69. The number of nitrogens with zero attached hydrogens (tertiary/aromatic N) is 5. The van der Waals surface area contributed by atoms with Gasteiger partial charge < -0.3 is 24.4 Å². The molecule has 2 aromatic rings. The second-order valence-corrected chi connectivity index (χ2v) is 12.6. The van der Waals surface area contributed by atoms with Crippen molar-refractivity contribution in [1.29, 1.82) is 0 Å². The highest BCUT2D eigenvalue weighted by Gasteiger charge is 2.50. The Hall–Kier alpha value is -2.77. The number of halogens is 2. The standard InChI is InChI=1S/C27H36BF2N5O5/c1-26(2,3)40-25(36)35-17-5-6-18(35)14-33(13-17)23-19-7-8-20(28(37)38)21(30)22(19)31-24(32-23)39-15-27-9-4-10-34(27)12-16(29)11-27/h7-8,16-18,37-38H,4-6,9-15H2,1-3H3/t16-,17?,18?,27+/m1/s1. The molecule has 5 heterocycles. The molecule has 4 aliphatic heterocycles.